The fraction of sp³-hybridized carbons (Fsp3) is 0.500. The van der Waals surface area contributed by atoms with E-state index in [4.69, 9.17) is 10.3 Å². The Labute approximate surface area is 113 Å². The predicted octanol–water partition coefficient (Wildman–Crippen LogP) is 1.09. The standard InChI is InChI=1S/C10H13N5O5/c1-20-10-7(15(18)19)4-6(5-12-10)9(17)8(16)2-3-13-14-11/h4-5,8-9,16-17H,2-3H2,1H3. The predicted molar refractivity (Wildman–Crippen MR) is 67.0 cm³/mol. The smallest absolute Gasteiger partial charge is 0.331 e. The summed E-state index contributed by atoms with van der Waals surface area (Å²) in [5.74, 6) is -0.186. The molecule has 0 saturated heterocycles. The first-order chi connectivity index (χ1) is 9.51. The van der Waals surface area contributed by atoms with Crippen LogP contribution in [0.3, 0.4) is 0 Å². The normalized spacial score (nSPS) is 13.2. The topological polar surface area (TPSA) is 154 Å². The minimum absolute atomic E-state index is 0.000400. The number of hydrogen-bond donors (Lipinski definition) is 2. The molecule has 0 fully saturated rings. The Morgan fingerprint density at radius 1 is 1.65 bits per heavy atom. The molecule has 0 aliphatic rings. The number of azide groups is 1. The summed E-state index contributed by atoms with van der Waals surface area (Å²) >= 11 is 0. The van der Waals surface area contributed by atoms with Crippen LogP contribution in [0.4, 0.5) is 5.69 Å². The van der Waals surface area contributed by atoms with Crippen molar-refractivity contribution in [3.63, 3.8) is 0 Å². The first-order valence-corrected chi connectivity index (χ1v) is 5.56. The molecule has 20 heavy (non-hydrogen) atoms. The fourth-order valence-corrected chi connectivity index (χ4v) is 1.52. The molecule has 0 bridgehead atoms. The number of hydrogen-bond acceptors (Lipinski definition) is 7. The first kappa shape index (κ1) is 15.6. The van der Waals surface area contributed by atoms with E-state index in [2.05, 4.69) is 15.0 Å². The van der Waals surface area contributed by atoms with Gasteiger partial charge in [0.05, 0.1) is 18.1 Å². The van der Waals surface area contributed by atoms with Gasteiger partial charge in [0.1, 0.15) is 6.10 Å². The van der Waals surface area contributed by atoms with Gasteiger partial charge in [-0.3, -0.25) is 10.1 Å². The van der Waals surface area contributed by atoms with E-state index in [9.17, 15) is 20.3 Å². The highest BCUT2D eigenvalue weighted by Crippen LogP contribution is 2.28. The van der Waals surface area contributed by atoms with Crippen molar-refractivity contribution in [1.29, 1.82) is 0 Å². The molecular weight excluding hydrogens is 270 g/mol. The molecule has 0 spiro atoms. The van der Waals surface area contributed by atoms with E-state index >= 15 is 0 Å². The maximum atomic E-state index is 10.8. The second kappa shape index (κ2) is 7.24. The van der Waals surface area contributed by atoms with Crippen molar-refractivity contribution in [2.24, 2.45) is 5.11 Å². The van der Waals surface area contributed by atoms with E-state index in [1.165, 1.54) is 13.3 Å². The Morgan fingerprint density at radius 3 is 2.90 bits per heavy atom. The van der Waals surface area contributed by atoms with Gasteiger partial charge in [0.15, 0.2) is 0 Å². The van der Waals surface area contributed by atoms with Crippen LogP contribution in [-0.4, -0.2) is 39.9 Å². The average Bonchev–Trinajstić information content (AvgIpc) is 2.45. The van der Waals surface area contributed by atoms with Crippen molar-refractivity contribution >= 4 is 5.69 Å². The highest BCUT2D eigenvalue weighted by atomic mass is 16.6. The summed E-state index contributed by atoms with van der Waals surface area (Å²) in [5.41, 5.74) is 7.77. The van der Waals surface area contributed by atoms with Crippen molar-refractivity contribution in [2.75, 3.05) is 13.7 Å². The van der Waals surface area contributed by atoms with Crippen LogP contribution < -0.4 is 4.74 Å². The van der Waals surface area contributed by atoms with Crippen LogP contribution in [0.25, 0.3) is 10.4 Å². The highest BCUT2D eigenvalue weighted by molar-refractivity contribution is 5.43. The van der Waals surface area contributed by atoms with Gasteiger partial charge in [0, 0.05) is 29.3 Å². The van der Waals surface area contributed by atoms with E-state index in [1.807, 2.05) is 0 Å². The molecule has 2 unspecified atom stereocenters. The van der Waals surface area contributed by atoms with E-state index in [0.29, 0.717) is 0 Å². The number of aliphatic hydroxyl groups is 2. The Kier molecular flexibility index (Phi) is 5.66. The molecule has 1 aromatic rings. The van der Waals surface area contributed by atoms with Crippen molar-refractivity contribution in [1.82, 2.24) is 4.98 Å². The van der Waals surface area contributed by atoms with Crippen LogP contribution in [0.15, 0.2) is 17.4 Å². The van der Waals surface area contributed by atoms with Crippen LogP contribution >= 0.6 is 0 Å². The zero-order valence-electron chi connectivity index (χ0n) is 10.6. The summed E-state index contributed by atoms with van der Waals surface area (Å²) in [7, 11) is 1.24. The quantitative estimate of drug-likeness (QED) is 0.251. The molecule has 1 heterocycles. The van der Waals surface area contributed by atoms with Crippen molar-refractivity contribution in [3.05, 3.63) is 38.4 Å². The lowest BCUT2D eigenvalue weighted by atomic mass is 10.0. The minimum Gasteiger partial charge on any atom is -0.476 e. The monoisotopic (exact) mass is 283 g/mol. The SMILES string of the molecule is COc1ncc(C(O)C(O)CCN=[N+]=[N-])cc1[N+](=O)[O-]. The van der Waals surface area contributed by atoms with E-state index in [-0.39, 0.29) is 24.4 Å². The van der Waals surface area contributed by atoms with Gasteiger partial charge in [0.2, 0.25) is 0 Å². The van der Waals surface area contributed by atoms with Gasteiger partial charge in [0.25, 0.3) is 5.88 Å². The number of nitro groups is 1. The second-order valence-electron chi connectivity index (χ2n) is 3.81. The lowest BCUT2D eigenvalue weighted by Gasteiger charge is -2.17. The number of ether oxygens (including phenoxy) is 1. The Bertz CT molecular complexity index is 531. The van der Waals surface area contributed by atoms with Gasteiger partial charge in [-0.05, 0) is 12.0 Å². The minimum atomic E-state index is -1.37. The van der Waals surface area contributed by atoms with E-state index in [0.717, 1.165) is 6.07 Å². The van der Waals surface area contributed by atoms with E-state index in [1.54, 1.807) is 0 Å². The molecule has 0 amide bonds. The van der Waals surface area contributed by atoms with Crippen LogP contribution in [0, 0.1) is 10.1 Å². The molecule has 1 aromatic heterocycles. The maximum Gasteiger partial charge on any atom is 0.331 e. The van der Waals surface area contributed by atoms with Crippen LogP contribution in [0.5, 0.6) is 5.88 Å². The summed E-state index contributed by atoms with van der Waals surface area (Å²) in [6, 6.07) is 1.08. The van der Waals surface area contributed by atoms with Crippen LogP contribution in [0.1, 0.15) is 18.1 Å². The van der Waals surface area contributed by atoms with Crippen molar-refractivity contribution in [3.8, 4) is 5.88 Å². The molecule has 2 atom stereocenters. The first-order valence-electron chi connectivity index (χ1n) is 5.56. The van der Waals surface area contributed by atoms with Gasteiger partial charge in [-0.1, -0.05) is 5.11 Å². The highest BCUT2D eigenvalue weighted by Gasteiger charge is 2.23. The van der Waals surface area contributed by atoms with Crippen LogP contribution in [-0.2, 0) is 0 Å². The molecule has 0 aliphatic carbocycles. The summed E-state index contributed by atoms with van der Waals surface area (Å²) in [6.07, 6.45) is -1.41. The molecule has 0 radical (unpaired) electrons. The number of aromatic nitrogens is 1. The Morgan fingerprint density at radius 2 is 2.35 bits per heavy atom. The summed E-state index contributed by atoms with van der Waals surface area (Å²) < 4.78 is 4.73. The largest absolute Gasteiger partial charge is 0.476 e. The van der Waals surface area contributed by atoms with Crippen molar-refractivity contribution < 1.29 is 19.9 Å². The Hall–Kier alpha value is -2.42. The molecular formula is C10H13N5O5. The zero-order chi connectivity index (χ0) is 15.1. The third-order valence-electron chi connectivity index (χ3n) is 2.54. The number of rotatable bonds is 7. The van der Waals surface area contributed by atoms with E-state index < -0.39 is 22.8 Å². The Balaban J connectivity index is 2.92. The number of methoxy groups -OCH3 is 1. The lowest BCUT2D eigenvalue weighted by molar-refractivity contribution is -0.386. The second-order valence-corrected chi connectivity index (χ2v) is 3.81. The van der Waals surface area contributed by atoms with Gasteiger partial charge in [-0.15, -0.1) is 0 Å². The summed E-state index contributed by atoms with van der Waals surface area (Å²) in [4.78, 5) is 16.3. The molecule has 10 nitrogen and oxygen atoms in total. The third kappa shape index (κ3) is 3.79. The lowest BCUT2D eigenvalue weighted by Crippen LogP contribution is -2.19. The van der Waals surface area contributed by atoms with Crippen molar-refractivity contribution in [2.45, 2.75) is 18.6 Å². The number of aliphatic hydroxyl groups excluding tert-OH is 2. The van der Waals surface area contributed by atoms with Gasteiger partial charge in [-0.2, -0.15) is 0 Å². The molecule has 2 N–H and O–H groups in total. The molecule has 0 aromatic carbocycles. The average molecular weight is 283 g/mol. The van der Waals surface area contributed by atoms with Gasteiger partial charge < -0.3 is 14.9 Å². The summed E-state index contributed by atoms with van der Waals surface area (Å²) in [5, 5.41) is 33.6. The molecule has 10 heteroatoms. The molecule has 1 rings (SSSR count). The molecule has 0 aliphatic heterocycles. The fourth-order valence-electron chi connectivity index (χ4n) is 1.52. The zero-order valence-corrected chi connectivity index (χ0v) is 10.6. The molecule has 108 valence electrons. The molecule has 0 saturated carbocycles. The number of nitrogens with zero attached hydrogens (tertiary/aromatic N) is 5. The number of pyridine rings is 1. The van der Waals surface area contributed by atoms with Gasteiger partial charge >= 0.3 is 5.69 Å². The van der Waals surface area contributed by atoms with Gasteiger partial charge in [-0.25, -0.2) is 4.98 Å². The van der Waals surface area contributed by atoms with Crippen LogP contribution in [0.2, 0.25) is 0 Å². The maximum absolute atomic E-state index is 10.8. The summed E-state index contributed by atoms with van der Waals surface area (Å²) in [6.45, 7) is 0.000400. The third-order valence-corrected chi connectivity index (χ3v) is 2.54.